The van der Waals surface area contributed by atoms with E-state index in [1.807, 2.05) is 19.1 Å². The van der Waals surface area contributed by atoms with E-state index < -0.39 is 17.8 Å². The average Bonchev–Trinajstić information content (AvgIpc) is 2.81. The molecule has 3 aromatic carbocycles. The molecule has 0 aliphatic carbocycles. The zero-order valence-corrected chi connectivity index (χ0v) is 19.7. The molecule has 0 bridgehead atoms. The second-order valence-electron chi connectivity index (χ2n) is 6.55. The van der Waals surface area contributed by atoms with Crippen LogP contribution in [-0.2, 0) is 9.59 Å². The van der Waals surface area contributed by atoms with Crippen molar-refractivity contribution in [2.75, 3.05) is 11.9 Å². The highest BCUT2D eigenvalue weighted by molar-refractivity contribution is 14.1. The van der Waals surface area contributed by atoms with E-state index in [2.05, 4.69) is 38.4 Å². The van der Waals surface area contributed by atoms with Crippen LogP contribution in [0.4, 0.5) is 5.69 Å². The van der Waals surface area contributed by atoms with Crippen LogP contribution in [0.5, 0.6) is 11.5 Å². The van der Waals surface area contributed by atoms with Crippen LogP contribution < -0.4 is 20.2 Å². The lowest BCUT2D eigenvalue weighted by atomic mass is 10.2. The van der Waals surface area contributed by atoms with Crippen LogP contribution in [-0.4, -0.2) is 30.6 Å². The summed E-state index contributed by atoms with van der Waals surface area (Å²) >= 11 is 2.07. The molecule has 0 aliphatic rings. The monoisotopic (exact) mass is 557 g/mol. The molecular weight excluding hydrogens is 537 g/mol. The number of nitrogens with zero attached hydrogens (tertiary/aromatic N) is 1. The lowest BCUT2D eigenvalue weighted by Crippen LogP contribution is -2.32. The Bertz CT molecular complexity index is 1160. The van der Waals surface area contributed by atoms with Crippen LogP contribution >= 0.6 is 22.6 Å². The zero-order valence-electron chi connectivity index (χ0n) is 17.6. The van der Waals surface area contributed by atoms with E-state index in [0.29, 0.717) is 34.9 Å². The minimum atomic E-state index is -0.914. The molecule has 9 heteroatoms. The van der Waals surface area contributed by atoms with Crippen LogP contribution in [0, 0.1) is 3.57 Å². The first-order chi connectivity index (χ1) is 16.0. The summed E-state index contributed by atoms with van der Waals surface area (Å²) in [7, 11) is 0. The predicted molar refractivity (Wildman–Crippen MR) is 133 cm³/mol. The fraction of sp³-hybridized carbons (Fsp3) is 0.0833. The molecule has 0 aromatic heterocycles. The van der Waals surface area contributed by atoms with Gasteiger partial charge >= 0.3 is 17.8 Å². The van der Waals surface area contributed by atoms with Gasteiger partial charge in [0.15, 0.2) is 0 Å². The van der Waals surface area contributed by atoms with Gasteiger partial charge in [-0.3, -0.25) is 9.59 Å². The Morgan fingerprint density at radius 1 is 0.909 bits per heavy atom. The fourth-order valence-electron chi connectivity index (χ4n) is 2.62. The van der Waals surface area contributed by atoms with Gasteiger partial charge in [-0.2, -0.15) is 5.10 Å². The second kappa shape index (κ2) is 11.8. The highest BCUT2D eigenvalue weighted by Gasteiger charge is 2.13. The third-order valence-electron chi connectivity index (χ3n) is 4.19. The number of carbonyl (C=O) groups excluding carboxylic acids is 3. The van der Waals surface area contributed by atoms with Crippen molar-refractivity contribution in [3.05, 3.63) is 87.5 Å². The Hall–Kier alpha value is -3.73. The summed E-state index contributed by atoms with van der Waals surface area (Å²) < 4.78 is 11.5. The van der Waals surface area contributed by atoms with Gasteiger partial charge in [-0.1, -0.05) is 12.1 Å². The minimum Gasteiger partial charge on any atom is -0.494 e. The molecule has 0 atom stereocenters. The van der Waals surface area contributed by atoms with Crippen molar-refractivity contribution in [1.82, 2.24) is 5.43 Å². The van der Waals surface area contributed by atoms with Crippen molar-refractivity contribution >= 4 is 52.3 Å². The summed E-state index contributed by atoms with van der Waals surface area (Å²) in [6, 6.07) is 20.3. The van der Waals surface area contributed by atoms with Crippen molar-refractivity contribution < 1.29 is 23.9 Å². The zero-order chi connectivity index (χ0) is 23.6. The summed E-state index contributed by atoms with van der Waals surface area (Å²) in [6.07, 6.45) is 1.37. The number of anilines is 1. The number of rotatable bonds is 7. The second-order valence-corrected chi connectivity index (χ2v) is 7.71. The lowest BCUT2D eigenvalue weighted by molar-refractivity contribution is -0.136. The number of nitrogens with one attached hydrogen (secondary N) is 2. The van der Waals surface area contributed by atoms with E-state index in [9.17, 15) is 14.4 Å². The third kappa shape index (κ3) is 7.14. The molecule has 3 rings (SSSR count). The third-order valence-corrected chi connectivity index (χ3v) is 5.13. The summed E-state index contributed by atoms with van der Waals surface area (Å²) in [5.74, 6) is -1.18. The summed E-state index contributed by atoms with van der Waals surface area (Å²) in [5, 5.41) is 6.25. The number of hydrogen-bond acceptors (Lipinski definition) is 6. The molecule has 2 amide bonds. The van der Waals surface area contributed by atoms with Crippen LogP contribution in [0.2, 0.25) is 0 Å². The Morgan fingerprint density at radius 3 is 2.24 bits per heavy atom. The van der Waals surface area contributed by atoms with E-state index in [4.69, 9.17) is 9.47 Å². The van der Waals surface area contributed by atoms with Gasteiger partial charge in [0.1, 0.15) is 11.5 Å². The van der Waals surface area contributed by atoms with Crippen molar-refractivity contribution in [2.45, 2.75) is 6.92 Å². The van der Waals surface area contributed by atoms with Crippen LogP contribution in [0.1, 0.15) is 22.8 Å². The van der Waals surface area contributed by atoms with E-state index >= 15 is 0 Å². The minimum absolute atomic E-state index is 0.371. The topological polar surface area (TPSA) is 106 Å². The predicted octanol–water partition coefficient (Wildman–Crippen LogP) is 4.00. The molecule has 33 heavy (non-hydrogen) atoms. The maximum absolute atomic E-state index is 12.3. The van der Waals surface area contributed by atoms with Crippen LogP contribution in [0.3, 0.4) is 0 Å². The number of carbonyl (C=O) groups is 3. The summed E-state index contributed by atoms with van der Waals surface area (Å²) in [4.78, 5) is 36.2. The van der Waals surface area contributed by atoms with Gasteiger partial charge in [-0.25, -0.2) is 10.2 Å². The molecule has 0 saturated heterocycles. The van der Waals surface area contributed by atoms with Gasteiger partial charge in [0.25, 0.3) is 0 Å². The molecule has 0 fully saturated rings. The van der Waals surface area contributed by atoms with E-state index in [1.165, 1.54) is 6.21 Å². The van der Waals surface area contributed by atoms with Gasteiger partial charge < -0.3 is 14.8 Å². The number of hydrazone groups is 1. The number of esters is 1. The Balaban J connectivity index is 1.49. The molecule has 3 aromatic rings. The van der Waals surface area contributed by atoms with Crippen molar-refractivity contribution in [3.63, 3.8) is 0 Å². The Morgan fingerprint density at radius 2 is 1.58 bits per heavy atom. The molecule has 0 radical (unpaired) electrons. The first kappa shape index (κ1) is 23.9. The Labute approximate surface area is 204 Å². The smallest absolute Gasteiger partial charge is 0.344 e. The summed E-state index contributed by atoms with van der Waals surface area (Å²) in [6.45, 7) is 2.41. The van der Waals surface area contributed by atoms with Crippen molar-refractivity contribution in [2.24, 2.45) is 5.10 Å². The average molecular weight is 557 g/mol. The van der Waals surface area contributed by atoms with Crippen molar-refractivity contribution in [3.8, 4) is 11.5 Å². The largest absolute Gasteiger partial charge is 0.494 e. The highest BCUT2D eigenvalue weighted by Crippen LogP contribution is 2.17. The number of amides is 2. The SMILES string of the molecule is CCOc1ccc(NC(=O)C(=O)N/N=C\c2ccc(OC(=O)c3ccccc3I)cc2)cc1. The maximum atomic E-state index is 12.3. The normalized spacial score (nSPS) is 10.5. The maximum Gasteiger partial charge on any atom is 0.344 e. The van der Waals surface area contributed by atoms with Gasteiger partial charge in [-0.05, 0) is 95.7 Å². The van der Waals surface area contributed by atoms with Gasteiger partial charge in [-0.15, -0.1) is 0 Å². The van der Waals surface area contributed by atoms with Crippen LogP contribution in [0.25, 0.3) is 0 Å². The first-order valence-corrected chi connectivity index (χ1v) is 11.0. The first-order valence-electron chi connectivity index (χ1n) is 9.90. The van der Waals surface area contributed by atoms with E-state index in [-0.39, 0.29) is 0 Å². The molecule has 0 heterocycles. The molecular formula is C24H20IN3O5. The van der Waals surface area contributed by atoms with Crippen molar-refractivity contribution in [1.29, 1.82) is 0 Å². The highest BCUT2D eigenvalue weighted by atomic mass is 127. The molecule has 0 saturated carbocycles. The van der Waals surface area contributed by atoms with E-state index in [0.717, 1.165) is 3.57 Å². The van der Waals surface area contributed by atoms with Gasteiger partial charge in [0.05, 0.1) is 18.4 Å². The van der Waals surface area contributed by atoms with Gasteiger partial charge in [0.2, 0.25) is 0 Å². The number of benzene rings is 3. The molecule has 0 spiro atoms. The van der Waals surface area contributed by atoms with E-state index in [1.54, 1.807) is 60.7 Å². The molecule has 0 aliphatic heterocycles. The molecule has 168 valence electrons. The van der Waals surface area contributed by atoms with Gasteiger partial charge in [0, 0.05) is 9.26 Å². The van der Waals surface area contributed by atoms with Crippen LogP contribution in [0.15, 0.2) is 77.9 Å². The lowest BCUT2D eigenvalue weighted by Gasteiger charge is -2.06. The molecule has 8 nitrogen and oxygen atoms in total. The quantitative estimate of drug-likeness (QED) is 0.114. The molecule has 2 N–H and O–H groups in total. The fourth-order valence-corrected chi connectivity index (χ4v) is 3.22. The Kier molecular flexibility index (Phi) is 8.53. The number of halogens is 1. The number of ether oxygens (including phenoxy) is 2. The molecule has 0 unspecified atom stereocenters. The standard InChI is InChI=1S/C24H20IN3O5/c1-2-32-18-13-9-17(10-14-18)27-22(29)23(30)28-26-15-16-7-11-19(12-8-16)33-24(31)20-5-3-4-6-21(20)25/h3-15H,2H2,1H3,(H,27,29)(H,28,30)/b26-15-. The summed E-state index contributed by atoms with van der Waals surface area (Å²) in [5.41, 5.74) is 3.74. The number of hydrogen-bond donors (Lipinski definition) is 2.